The zero-order chi connectivity index (χ0) is 22.1. The van der Waals surface area contributed by atoms with Crippen molar-refractivity contribution in [2.75, 3.05) is 20.0 Å². The van der Waals surface area contributed by atoms with Gasteiger partial charge in [0.15, 0.2) is 0 Å². The van der Waals surface area contributed by atoms with Gasteiger partial charge in [-0.3, -0.25) is 14.4 Å². The molecular formula is C20H38N2O5S2. The molecule has 0 rings (SSSR count). The van der Waals surface area contributed by atoms with E-state index in [0.29, 0.717) is 6.42 Å². The molecule has 0 bridgehead atoms. The monoisotopic (exact) mass is 450 g/mol. The van der Waals surface area contributed by atoms with E-state index in [1.54, 1.807) is 0 Å². The number of ether oxygens (including phenoxy) is 2. The number of nitrogens with two attached hydrogens (primary N) is 2. The minimum absolute atomic E-state index is 0.0741. The number of hydrogen-bond donors (Lipinski definition) is 2. The first kappa shape index (κ1) is 28.2. The van der Waals surface area contributed by atoms with E-state index in [-0.39, 0.29) is 11.5 Å². The molecule has 0 aliphatic carbocycles. The number of ketones is 1. The van der Waals surface area contributed by atoms with Gasteiger partial charge in [-0.05, 0) is 6.42 Å². The first-order valence-corrected chi connectivity index (χ1v) is 12.7. The molecule has 0 heterocycles. The topological polar surface area (TPSA) is 122 Å². The second-order valence-electron chi connectivity index (χ2n) is 7.02. The van der Waals surface area contributed by atoms with Crippen LogP contribution in [0.15, 0.2) is 0 Å². The number of Topliss-reactive ketones (excluding diaryl/α,β-unsaturated/α-hetero) is 1. The lowest BCUT2D eigenvalue weighted by Crippen LogP contribution is -2.45. The highest BCUT2D eigenvalue weighted by atomic mass is 33.1. The van der Waals surface area contributed by atoms with Crippen LogP contribution in [0.2, 0.25) is 0 Å². The Balaban J connectivity index is 4.34. The predicted octanol–water partition coefficient (Wildman–Crippen LogP) is 3.23. The maximum Gasteiger partial charge on any atom is 0.324 e. The molecular weight excluding hydrogens is 412 g/mol. The molecule has 0 saturated carbocycles. The van der Waals surface area contributed by atoms with Gasteiger partial charge in [-0.25, -0.2) is 0 Å². The number of unbranched alkanes of at least 4 members (excludes halogenated alkanes) is 8. The van der Waals surface area contributed by atoms with Crippen molar-refractivity contribution in [3.8, 4) is 0 Å². The summed E-state index contributed by atoms with van der Waals surface area (Å²) in [5.41, 5.74) is 11.6. The number of carbonyl (C=O) groups is 3. The molecule has 0 saturated heterocycles. The number of hydrogen-bond acceptors (Lipinski definition) is 9. The van der Waals surface area contributed by atoms with E-state index >= 15 is 0 Å². The Morgan fingerprint density at radius 2 is 1.34 bits per heavy atom. The zero-order valence-electron chi connectivity index (χ0n) is 18.0. The minimum Gasteiger partial charge on any atom is -0.468 e. The first-order valence-electron chi connectivity index (χ1n) is 10.4. The lowest BCUT2D eigenvalue weighted by Gasteiger charge is -2.20. The molecule has 0 aromatic carbocycles. The van der Waals surface area contributed by atoms with Crippen molar-refractivity contribution in [1.29, 1.82) is 0 Å². The number of methoxy groups -OCH3 is 2. The highest BCUT2D eigenvalue weighted by molar-refractivity contribution is 8.77. The van der Waals surface area contributed by atoms with E-state index in [0.717, 1.165) is 19.3 Å². The lowest BCUT2D eigenvalue weighted by molar-refractivity contribution is -0.143. The van der Waals surface area contributed by atoms with Gasteiger partial charge < -0.3 is 20.9 Å². The fraction of sp³-hybridized carbons (Fsp3) is 0.850. The van der Waals surface area contributed by atoms with Crippen molar-refractivity contribution in [2.24, 2.45) is 11.5 Å². The Bertz CT molecular complexity index is 480. The Morgan fingerprint density at radius 3 is 1.86 bits per heavy atom. The van der Waals surface area contributed by atoms with Crippen molar-refractivity contribution in [2.45, 2.75) is 88.5 Å². The highest BCUT2D eigenvalue weighted by Crippen LogP contribution is 2.31. The summed E-state index contributed by atoms with van der Waals surface area (Å²) < 4.78 is 9.27. The van der Waals surface area contributed by atoms with Crippen LogP contribution >= 0.6 is 21.6 Å². The summed E-state index contributed by atoms with van der Waals surface area (Å²) in [7, 11) is 4.92. The third-order valence-electron chi connectivity index (χ3n) is 4.57. The molecule has 0 aromatic heterocycles. The summed E-state index contributed by atoms with van der Waals surface area (Å²) in [6.07, 6.45) is 10.8. The highest BCUT2D eigenvalue weighted by Gasteiger charge is 2.32. The fourth-order valence-electron chi connectivity index (χ4n) is 2.73. The SMILES string of the molecule is CCCCCCCCCCCC(=O)C(SSC[C@H](N)C(=O)OC)[C@H](N)C(=O)OC. The van der Waals surface area contributed by atoms with Crippen molar-refractivity contribution >= 4 is 39.3 Å². The van der Waals surface area contributed by atoms with Crippen LogP contribution in [0.5, 0.6) is 0 Å². The van der Waals surface area contributed by atoms with Crippen LogP contribution < -0.4 is 11.5 Å². The summed E-state index contributed by atoms with van der Waals surface area (Å²) in [5, 5.41) is -0.730. The van der Waals surface area contributed by atoms with Gasteiger partial charge in [0, 0.05) is 12.2 Å². The molecule has 0 aliphatic heterocycles. The first-order chi connectivity index (χ1) is 13.9. The number of esters is 2. The van der Waals surface area contributed by atoms with Crippen molar-refractivity contribution in [1.82, 2.24) is 0 Å². The van der Waals surface area contributed by atoms with E-state index in [1.165, 1.54) is 74.3 Å². The molecule has 0 amide bonds. The van der Waals surface area contributed by atoms with Crippen LogP contribution in [0, 0.1) is 0 Å². The average molecular weight is 451 g/mol. The summed E-state index contributed by atoms with van der Waals surface area (Å²) in [5.74, 6) is -0.962. The van der Waals surface area contributed by atoms with Crippen LogP contribution in [0.1, 0.15) is 71.1 Å². The predicted molar refractivity (Wildman–Crippen MR) is 121 cm³/mol. The standard InChI is InChI=1S/C20H38N2O5S2/c1-4-5-6-7-8-9-10-11-12-13-16(23)18(17(22)20(25)27-3)29-28-14-15(21)19(24)26-2/h15,17-18H,4-14,21-22H2,1-3H3/t15-,17-,18?/m0/s1. The number of carbonyl (C=O) groups excluding carboxylic acids is 3. The molecule has 0 spiro atoms. The third kappa shape index (κ3) is 13.2. The normalized spacial score (nSPS) is 14.1. The third-order valence-corrected chi connectivity index (χ3v) is 7.40. The van der Waals surface area contributed by atoms with Gasteiger partial charge in [0.1, 0.15) is 17.9 Å². The Labute approximate surface area is 183 Å². The maximum absolute atomic E-state index is 12.6. The number of rotatable bonds is 18. The molecule has 29 heavy (non-hydrogen) atoms. The van der Waals surface area contributed by atoms with Crippen LogP contribution in [-0.2, 0) is 23.9 Å². The second kappa shape index (κ2) is 18.0. The zero-order valence-corrected chi connectivity index (χ0v) is 19.7. The molecule has 4 N–H and O–H groups in total. The second-order valence-corrected chi connectivity index (χ2v) is 9.58. The molecule has 7 nitrogen and oxygen atoms in total. The Kier molecular flexibility index (Phi) is 17.6. The van der Waals surface area contributed by atoms with Gasteiger partial charge in [0.25, 0.3) is 0 Å². The molecule has 0 fully saturated rings. The summed E-state index contributed by atoms with van der Waals surface area (Å²) in [6, 6.07) is -1.84. The average Bonchev–Trinajstić information content (AvgIpc) is 2.73. The summed E-state index contributed by atoms with van der Waals surface area (Å²) in [4.78, 5) is 35.8. The van der Waals surface area contributed by atoms with E-state index in [9.17, 15) is 14.4 Å². The molecule has 1 unspecified atom stereocenters. The van der Waals surface area contributed by atoms with E-state index in [1.807, 2.05) is 0 Å². The smallest absolute Gasteiger partial charge is 0.324 e. The quantitative estimate of drug-likeness (QED) is 0.184. The van der Waals surface area contributed by atoms with E-state index in [2.05, 4.69) is 16.4 Å². The molecule has 0 aliphatic rings. The van der Waals surface area contributed by atoms with Gasteiger partial charge >= 0.3 is 11.9 Å². The molecule has 9 heteroatoms. The summed E-state index contributed by atoms with van der Waals surface area (Å²) in [6.45, 7) is 2.21. The Morgan fingerprint density at radius 1 is 0.828 bits per heavy atom. The molecule has 0 aromatic rings. The van der Waals surface area contributed by atoms with Gasteiger partial charge in [0.05, 0.1) is 19.5 Å². The molecule has 0 radical (unpaired) electrons. The van der Waals surface area contributed by atoms with Gasteiger partial charge in [-0.2, -0.15) is 0 Å². The van der Waals surface area contributed by atoms with Crippen molar-refractivity contribution in [3.05, 3.63) is 0 Å². The van der Waals surface area contributed by atoms with E-state index in [4.69, 9.17) is 11.5 Å². The van der Waals surface area contributed by atoms with Gasteiger partial charge in [-0.1, -0.05) is 79.9 Å². The fourth-order valence-corrected chi connectivity index (χ4v) is 5.49. The maximum atomic E-state index is 12.6. The van der Waals surface area contributed by atoms with Gasteiger partial charge in [0.2, 0.25) is 0 Å². The van der Waals surface area contributed by atoms with Gasteiger partial charge in [-0.15, -0.1) is 0 Å². The van der Waals surface area contributed by atoms with Crippen LogP contribution in [0.4, 0.5) is 0 Å². The molecule has 170 valence electrons. The van der Waals surface area contributed by atoms with Crippen LogP contribution in [-0.4, -0.2) is 55.0 Å². The van der Waals surface area contributed by atoms with Crippen molar-refractivity contribution in [3.63, 3.8) is 0 Å². The summed E-state index contributed by atoms with van der Waals surface area (Å²) >= 11 is 0. The largest absolute Gasteiger partial charge is 0.468 e. The molecule has 3 atom stereocenters. The van der Waals surface area contributed by atoms with E-state index < -0.39 is 29.3 Å². The lowest BCUT2D eigenvalue weighted by atomic mass is 10.0. The van der Waals surface area contributed by atoms with Crippen LogP contribution in [0.25, 0.3) is 0 Å². The Hall–Kier alpha value is -0.770. The van der Waals surface area contributed by atoms with Crippen molar-refractivity contribution < 1.29 is 23.9 Å². The van der Waals surface area contributed by atoms with Crippen LogP contribution in [0.3, 0.4) is 0 Å². The minimum atomic E-state index is -1.04.